The molecule has 0 saturated heterocycles. The van der Waals surface area contributed by atoms with Crippen LogP contribution in [-0.4, -0.2) is 0 Å². The first-order chi connectivity index (χ1) is 10.4. The lowest BCUT2D eigenvalue weighted by Crippen LogP contribution is -1.91. The van der Waals surface area contributed by atoms with Gasteiger partial charge in [0.25, 0.3) is 0 Å². The quantitative estimate of drug-likeness (QED) is 0.564. The Kier molecular flexibility index (Phi) is 4.16. The number of aryl methyl sites for hydroxylation is 1. The number of hydrogen-bond acceptors (Lipinski definition) is 0. The van der Waals surface area contributed by atoms with E-state index in [0.29, 0.717) is 0 Å². The smallest absolute Gasteiger partial charge is 0.00115 e. The average Bonchev–Trinajstić information content (AvgIpc) is 2.57. The number of benzene rings is 3. The highest BCUT2D eigenvalue weighted by molar-refractivity contribution is 5.74. The minimum absolute atomic E-state index is 1.09. The van der Waals surface area contributed by atoms with Gasteiger partial charge in [-0.1, -0.05) is 86.1 Å². The van der Waals surface area contributed by atoms with E-state index in [0.717, 1.165) is 18.4 Å². The van der Waals surface area contributed by atoms with Crippen LogP contribution < -0.4 is 0 Å². The summed E-state index contributed by atoms with van der Waals surface area (Å²) in [7, 11) is 0. The van der Waals surface area contributed by atoms with Crippen molar-refractivity contribution in [1.82, 2.24) is 0 Å². The Balaban J connectivity index is 2.11. The Morgan fingerprint density at radius 2 is 1.33 bits per heavy atom. The maximum absolute atomic E-state index is 3.63. The van der Waals surface area contributed by atoms with Crippen molar-refractivity contribution < 1.29 is 0 Å². The van der Waals surface area contributed by atoms with Gasteiger partial charge < -0.3 is 0 Å². The molecule has 0 aliphatic heterocycles. The molecule has 1 radical (unpaired) electrons. The fourth-order valence-corrected chi connectivity index (χ4v) is 2.65. The largest absolute Gasteiger partial charge is 0.0651 e. The molecule has 0 atom stereocenters. The van der Waals surface area contributed by atoms with Crippen molar-refractivity contribution in [2.24, 2.45) is 0 Å². The van der Waals surface area contributed by atoms with Gasteiger partial charge in [-0.05, 0) is 40.3 Å². The topological polar surface area (TPSA) is 0 Å². The lowest BCUT2D eigenvalue weighted by molar-refractivity contribution is 0.923. The molecule has 103 valence electrons. The molecule has 0 aromatic heterocycles. The van der Waals surface area contributed by atoms with Crippen LogP contribution in [0.25, 0.3) is 22.3 Å². The Bertz CT molecular complexity index is 697. The Hall–Kier alpha value is -2.34. The van der Waals surface area contributed by atoms with Crippen LogP contribution in [0.2, 0.25) is 0 Å². The molecule has 0 bridgehead atoms. The molecule has 0 nitrogen and oxygen atoms in total. The van der Waals surface area contributed by atoms with Crippen molar-refractivity contribution in [2.75, 3.05) is 0 Å². The second-order valence-corrected chi connectivity index (χ2v) is 5.25. The third kappa shape index (κ3) is 3.05. The second-order valence-electron chi connectivity index (χ2n) is 5.25. The van der Waals surface area contributed by atoms with Gasteiger partial charge in [0.2, 0.25) is 0 Å². The number of rotatable bonds is 4. The first kappa shape index (κ1) is 13.6. The molecule has 0 saturated carbocycles. The van der Waals surface area contributed by atoms with Crippen LogP contribution in [0, 0.1) is 6.07 Å². The SMILES string of the molecule is CCCc1ccc(-c2ccccc2)[c]c1-c1ccccc1. The lowest BCUT2D eigenvalue weighted by atomic mass is 9.93. The van der Waals surface area contributed by atoms with Crippen LogP contribution in [0.5, 0.6) is 0 Å². The van der Waals surface area contributed by atoms with E-state index in [9.17, 15) is 0 Å². The zero-order valence-corrected chi connectivity index (χ0v) is 12.3. The molecule has 0 N–H and O–H groups in total. The average molecular weight is 271 g/mol. The summed E-state index contributed by atoms with van der Waals surface area (Å²) in [5, 5.41) is 0. The first-order valence-corrected chi connectivity index (χ1v) is 7.54. The normalized spacial score (nSPS) is 10.5. The molecule has 0 amide bonds. The van der Waals surface area contributed by atoms with Gasteiger partial charge in [0, 0.05) is 0 Å². The molecule has 0 unspecified atom stereocenters. The van der Waals surface area contributed by atoms with E-state index < -0.39 is 0 Å². The fourth-order valence-electron chi connectivity index (χ4n) is 2.65. The highest BCUT2D eigenvalue weighted by Gasteiger charge is 2.07. The van der Waals surface area contributed by atoms with Crippen LogP contribution in [0.1, 0.15) is 18.9 Å². The van der Waals surface area contributed by atoms with E-state index in [1.165, 1.54) is 22.3 Å². The van der Waals surface area contributed by atoms with E-state index in [4.69, 9.17) is 0 Å². The lowest BCUT2D eigenvalue weighted by Gasteiger charge is -2.11. The van der Waals surface area contributed by atoms with Crippen LogP contribution in [-0.2, 0) is 6.42 Å². The van der Waals surface area contributed by atoms with E-state index in [-0.39, 0.29) is 0 Å². The first-order valence-electron chi connectivity index (χ1n) is 7.54. The summed E-state index contributed by atoms with van der Waals surface area (Å²) in [6.45, 7) is 2.22. The summed E-state index contributed by atoms with van der Waals surface area (Å²) < 4.78 is 0. The molecule has 0 spiro atoms. The van der Waals surface area contributed by atoms with Gasteiger partial charge in [0.15, 0.2) is 0 Å². The molecule has 0 heteroatoms. The van der Waals surface area contributed by atoms with Crippen molar-refractivity contribution >= 4 is 0 Å². The zero-order valence-electron chi connectivity index (χ0n) is 12.3. The summed E-state index contributed by atoms with van der Waals surface area (Å²) in [5.41, 5.74) is 6.24. The molecule has 0 heterocycles. The predicted molar refractivity (Wildman–Crippen MR) is 90.1 cm³/mol. The van der Waals surface area contributed by atoms with Gasteiger partial charge in [0.05, 0.1) is 0 Å². The van der Waals surface area contributed by atoms with Crippen molar-refractivity contribution in [2.45, 2.75) is 19.8 Å². The molecule has 0 aliphatic carbocycles. The van der Waals surface area contributed by atoms with Crippen molar-refractivity contribution in [3.05, 3.63) is 84.4 Å². The van der Waals surface area contributed by atoms with Crippen LogP contribution in [0.15, 0.2) is 72.8 Å². The van der Waals surface area contributed by atoms with Gasteiger partial charge in [-0.25, -0.2) is 0 Å². The Morgan fingerprint density at radius 3 is 1.95 bits per heavy atom. The minimum Gasteiger partial charge on any atom is -0.0651 e. The fraction of sp³-hybridized carbons (Fsp3) is 0.143. The molecule has 3 aromatic carbocycles. The highest BCUT2D eigenvalue weighted by Crippen LogP contribution is 2.29. The van der Waals surface area contributed by atoms with Crippen molar-refractivity contribution in [3.8, 4) is 22.3 Å². The Labute approximate surface area is 127 Å². The van der Waals surface area contributed by atoms with Crippen molar-refractivity contribution in [3.63, 3.8) is 0 Å². The summed E-state index contributed by atoms with van der Waals surface area (Å²) >= 11 is 0. The van der Waals surface area contributed by atoms with Crippen molar-refractivity contribution in [1.29, 1.82) is 0 Å². The van der Waals surface area contributed by atoms with Gasteiger partial charge in [-0.15, -0.1) is 0 Å². The predicted octanol–water partition coefficient (Wildman–Crippen LogP) is 5.77. The second kappa shape index (κ2) is 6.41. The van der Waals surface area contributed by atoms with Gasteiger partial charge >= 0.3 is 0 Å². The van der Waals surface area contributed by atoms with E-state index in [1.54, 1.807) is 0 Å². The number of hydrogen-bond donors (Lipinski definition) is 0. The van der Waals surface area contributed by atoms with E-state index in [1.807, 2.05) is 6.07 Å². The van der Waals surface area contributed by atoms with Gasteiger partial charge in [0.1, 0.15) is 0 Å². The summed E-state index contributed by atoms with van der Waals surface area (Å²) in [6.07, 6.45) is 2.24. The molecule has 3 aromatic rings. The zero-order chi connectivity index (χ0) is 14.5. The third-order valence-electron chi connectivity index (χ3n) is 3.70. The van der Waals surface area contributed by atoms with E-state index >= 15 is 0 Å². The third-order valence-corrected chi connectivity index (χ3v) is 3.70. The Morgan fingerprint density at radius 1 is 0.714 bits per heavy atom. The minimum atomic E-state index is 1.09. The molecular formula is C21H19. The summed E-state index contributed by atoms with van der Waals surface area (Å²) in [6, 6.07) is 29.1. The molecule has 3 rings (SSSR count). The monoisotopic (exact) mass is 271 g/mol. The summed E-state index contributed by atoms with van der Waals surface area (Å²) in [5.74, 6) is 0. The maximum Gasteiger partial charge on any atom is -0.00115 e. The van der Waals surface area contributed by atoms with Gasteiger partial charge in [-0.3, -0.25) is 0 Å². The standard InChI is InChI=1S/C21H19/c1-2-9-18-14-15-20(17-10-5-3-6-11-17)16-21(18)19-12-7-4-8-13-19/h3-8,10-15H,2,9H2,1H3. The maximum atomic E-state index is 3.63. The van der Waals surface area contributed by atoms with E-state index in [2.05, 4.69) is 79.7 Å². The molecular weight excluding hydrogens is 252 g/mol. The molecule has 0 fully saturated rings. The van der Waals surface area contributed by atoms with Crippen LogP contribution in [0.4, 0.5) is 0 Å². The van der Waals surface area contributed by atoms with Crippen LogP contribution in [0.3, 0.4) is 0 Å². The molecule has 21 heavy (non-hydrogen) atoms. The van der Waals surface area contributed by atoms with Crippen LogP contribution >= 0.6 is 0 Å². The highest BCUT2D eigenvalue weighted by atomic mass is 14.1. The van der Waals surface area contributed by atoms with Gasteiger partial charge in [-0.2, -0.15) is 0 Å². The summed E-state index contributed by atoms with van der Waals surface area (Å²) in [4.78, 5) is 0. The molecule has 0 aliphatic rings.